The van der Waals surface area contributed by atoms with Crippen molar-refractivity contribution in [3.05, 3.63) is 65.5 Å². The van der Waals surface area contributed by atoms with Crippen LogP contribution in [0.2, 0.25) is 5.02 Å². The van der Waals surface area contributed by atoms with Crippen molar-refractivity contribution >= 4 is 11.6 Å². The van der Waals surface area contributed by atoms with E-state index >= 15 is 0 Å². The van der Waals surface area contributed by atoms with E-state index in [-0.39, 0.29) is 0 Å². The fraction of sp³-hybridized carbons (Fsp3) is 0.250. The lowest BCUT2D eigenvalue weighted by molar-refractivity contribution is 0.231. The minimum Gasteiger partial charge on any atom is -0.497 e. The van der Waals surface area contributed by atoms with E-state index in [1.807, 2.05) is 49.5 Å². The van der Waals surface area contributed by atoms with E-state index < -0.39 is 0 Å². The smallest absolute Gasteiger partial charge is 0.226 e. The summed E-state index contributed by atoms with van der Waals surface area (Å²) in [6, 6.07) is 15.0. The van der Waals surface area contributed by atoms with Crippen molar-refractivity contribution in [1.29, 1.82) is 0 Å². The molecule has 26 heavy (non-hydrogen) atoms. The average Bonchev–Trinajstić information content (AvgIpc) is 3.10. The zero-order valence-electron chi connectivity index (χ0n) is 14.8. The molecule has 0 atom stereocenters. The van der Waals surface area contributed by atoms with E-state index in [0.29, 0.717) is 24.1 Å². The van der Waals surface area contributed by atoms with Crippen LogP contribution in [0.25, 0.3) is 11.5 Å². The van der Waals surface area contributed by atoms with Crippen LogP contribution in [0, 0.1) is 0 Å². The molecule has 0 spiro atoms. The summed E-state index contributed by atoms with van der Waals surface area (Å²) in [5.41, 5.74) is 1.80. The van der Waals surface area contributed by atoms with Crippen LogP contribution in [-0.2, 0) is 6.54 Å². The van der Waals surface area contributed by atoms with Crippen molar-refractivity contribution < 1.29 is 13.9 Å². The predicted octanol–water partition coefficient (Wildman–Crippen LogP) is 4.51. The highest BCUT2D eigenvalue weighted by atomic mass is 35.5. The molecule has 3 rings (SSSR count). The van der Waals surface area contributed by atoms with Crippen molar-refractivity contribution in [3.8, 4) is 23.0 Å². The van der Waals surface area contributed by atoms with Crippen LogP contribution in [0.3, 0.4) is 0 Å². The van der Waals surface area contributed by atoms with Gasteiger partial charge in [-0.25, -0.2) is 4.98 Å². The molecule has 0 saturated carbocycles. The third-order valence-corrected chi connectivity index (χ3v) is 4.09. The molecule has 0 unspecified atom stereocenters. The molecular formula is C20H21ClN2O3. The quantitative estimate of drug-likeness (QED) is 0.582. The predicted molar refractivity (Wildman–Crippen MR) is 102 cm³/mol. The van der Waals surface area contributed by atoms with Gasteiger partial charge < -0.3 is 13.9 Å². The van der Waals surface area contributed by atoms with Gasteiger partial charge in [-0.3, -0.25) is 4.90 Å². The van der Waals surface area contributed by atoms with Gasteiger partial charge in [0.2, 0.25) is 5.89 Å². The molecule has 0 aliphatic rings. The Bertz CT molecular complexity index is 833. The SMILES string of the molecule is COc1ccc(-c2nc(CN(C)CCOc3cccc(Cl)c3)co2)cc1. The lowest BCUT2D eigenvalue weighted by Crippen LogP contribution is -2.24. The Balaban J connectivity index is 1.50. The number of ether oxygens (including phenoxy) is 2. The zero-order valence-corrected chi connectivity index (χ0v) is 15.6. The summed E-state index contributed by atoms with van der Waals surface area (Å²) in [5, 5.41) is 0.671. The van der Waals surface area contributed by atoms with Gasteiger partial charge in [-0.2, -0.15) is 0 Å². The topological polar surface area (TPSA) is 47.7 Å². The highest BCUT2D eigenvalue weighted by molar-refractivity contribution is 6.30. The third-order valence-electron chi connectivity index (χ3n) is 3.86. The molecule has 0 radical (unpaired) electrons. The van der Waals surface area contributed by atoms with Crippen molar-refractivity contribution in [3.63, 3.8) is 0 Å². The number of methoxy groups -OCH3 is 1. The molecule has 136 valence electrons. The van der Waals surface area contributed by atoms with Gasteiger partial charge in [0.05, 0.1) is 12.8 Å². The maximum absolute atomic E-state index is 5.95. The number of benzene rings is 2. The Kier molecular flexibility index (Phi) is 6.15. The Morgan fingerprint density at radius 3 is 2.65 bits per heavy atom. The molecule has 0 amide bonds. The average molecular weight is 373 g/mol. The van der Waals surface area contributed by atoms with Crippen LogP contribution in [0.15, 0.2) is 59.2 Å². The van der Waals surface area contributed by atoms with E-state index in [1.165, 1.54) is 0 Å². The van der Waals surface area contributed by atoms with Crippen LogP contribution < -0.4 is 9.47 Å². The molecule has 0 N–H and O–H groups in total. The van der Waals surface area contributed by atoms with Gasteiger partial charge in [0, 0.05) is 23.7 Å². The Morgan fingerprint density at radius 2 is 1.92 bits per heavy atom. The van der Waals surface area contributed by atoms with Gasteiger partial charge in [0.25, 0.3) is 0 Å². The van der Waals surface area contributed by atoms with Crippen molar-refractivity contribution in [2.24, 2.45) is 0 Å². The number of halogens is 1. The molecule has 2 aromatic carbocycles. The van der Waals surface area contributed by atoms with E-state index in [0.717, 1.165) is 29.3 Å². The van der Waals surface area contributed by atoms with Crippen LogP contribution in [0.1, 0.15) is 5.69 Å². The normalized spacial score (nSPS) is 10.9. The summed E-state index contributed by atoms with van der Waals surface area (Å²) in [4.78, 5) is 6.67. The van der Waals surface area contributed by atoms with Gasteiger partial charge in [0.15, 0.2) is 0 Å². The number of nitrogens with zero attached hydrogens (tertiary/aromatic N) is 2. The molecule has 5 nitrogen and oxygen atoms in total. The fourth-order valence-electron chi connectivity index (χ4n) is 2.48. The summed E-state index contributed by atoms with van der Waals surface area (Å²) in [5.74, 6) is 2.18. The lowest BCUT2D eigenvalue weighted by atomic mass is 10.2. The second kappa shape index (κ2) is 8.74. The standard InChI is InChI=1S/C20H21ClN2O3/c1-23(10-11-25-19-5-3-4-16(21)12-19)13-17-14-26-20(22-17)15-6-8-18(24-2)9-7-15/h3-9,12,14H,10-11,13H2,1-2H3. The summed E-state index contributed by atoms with van der Waals surface area (Å²) in [7, 11) is 3.66. The van der Waals surface area contributed by atoms with E-state index in [9.17, 15) is 0 Å². The van der Waals surface area contributed by atoms with Gasteiger partial charge in [-0.15, -0.1) is 0 Å². The van der Waals surface area contributed by atoms with Gasteiger partial charge in [-0.05, 0) is 49.5 Å². The van der Waals surface area contributed by atoms with Gasteiger partial charge >= 0.3 is 0 Å². The van der Waals surface area contributed by atoms with E-state index in [4.69, 9.17) is 25.5 Å². The van der Waals surface area contributed by atoms with Crippen LogP contribution in [-0.4, -0.2) is 37.2 Å². The number of oxazole rings is 1. The molecule has 0 fully saturated rings. The van der Waals surface area contributed by atoms with Crippen molar-refractivity contribution in [2.75, 3.05) is 27.3 Å². The second-order valence-corrected chi connectivity index (χ2v) is 6.35. The largest absolute Gasteiger partial charge is 0.497 e. The summed E-state index contributed by atoms with van der Waals surface area (Å²) in [6.07, 6.45) is 1.69. The van der Waals surface area contributed by atoms with Crippen molar-refractivity contribution in [1.82, 2.24) is 9.88 Å². The second-order valence-electron chi connectivity index (χ2n) is 5.92. The monoisotopic (exact) mass is 372 g/mol. The van der Waals surface area contributed by atoms with Crippen molar-refractivity contribution in [2.45, 2.75) is 6.54 Å². The molecule has 0 bridgehead atoms. The lowest BCUT2D eigenvalue weighted by Gasteiger charge is -2.15. The van der Waals surface area contributed by atoms with Gasteiger partial charge in [0.1, 0.15) is 24.4 Å². The Morgan fingerprint density at radius 1 is 1.12 bits per heavy atom. The minimum absolute atomic E-state index is 0.569. The molecule has 0 aliphatic heterocycles. The molecule has 6 heteroatoms. The van der Waals surface area contributed by atoms with Crippen LogP contribution >= 0.6 is 11.6 Å². The highest BCUT2D eigenvalue weighted by Crippen LogP contribution is 2.22. The summed E-state index contributed by atoms with van der Waals surface area (Å²) < 4.78 is 16.5. The van der Waals surface area contributed by atoms with Gasteiger partial charge in [-0.1, -0.05) is 17.7 Å². The minimum atomic E-state index is 0.569. The molecular weight excluding hydrogens is 352 g/mol. The first-order valence-corrected chi connectivity index (χ1v) is 8.67. The molecule has 1 aromatic heterocycles. The molecule has 1 heterocycles. The number of rotatable bonds is 8. The Labute approximate surface area is 158 Å². The third kappa shape index (κ3) is 5.00. The summed E-state index contributed by atoms with van der Waals surface area (Å²) >= 11 is 5.95. The highest BCUT2D eigenvalue weighted by Gasteiger charge is 2.09. The molecule has 0 aliphatic carbocycles. The first kappa shape index (κ1) is 18.3. The molecule has 0 saturated heterocycles. The first-order valence-electron chi connectivity index (χ1n) is 8.30. The Hall–Kier alpha value is -2.50. The zero-order chi connectivity index (χ0) is 18.4. The number of hydrogen-bond acceptors (Lipinski definition) is 5. The molecule has 3 aromatic rings. The first-order chi connectivity index (χ1) is 12.6. The maximum atomic E-state index is 5.95. The van der Waals surface area contributed by atoms with Crippen LogP contribution in [0.5, 0.6) is 11.5 Å². The number of hydrogen-bond donors (Lipinski definition) is 0. The van der Waals surface area contributed by atoms with Crippen LogP contribution in [0.4, 0.5) is 0 Å². The maximum Gasteiger partial charge on any atom is 0.226 e. The number of likely N-dealkylation sites (N-methyl/N-ethyl adjacent to an activating group) is 1. The number of aromatic nitrogens is 1. The van der Waals surface area contributed by atoms with E-state index in [1.54, 1.807) is 19.4 Å². The fourth-order valence-corrected chi connectivity index (χ4v) is 2.66. The summed E-state index contributed by atoms with van der Waals surface area (Å²) in [6.45, 7) is 2.01. The van der Waals surface area contributed by atoms with E-state index in [2.05, 4.69) is 9.88 Å².